The molecule has 1 unspecified atom stereocenters. The Kier molecular flexibility index (Phi) is 7.68. The van der Waals surface area contributed by atoms with Crippen LogP contribution in [0.25, 0.3) is 0 Å². The smallest absolute Gasteiger partial charge is 0.232 e. The molecule has 0 aliphatic carbocycles. The summed E-state index contributed by atoms with van der Waals surface area (Å²) in [5.74, 6) is 1.19. The van der Waals surface area contributed by atoms with Gasteiger partial charge in [-0.15, -0.1) is 0 Å². The van der Waals surface area contributed by atoms with E-state index in [1.54, 1.807) is 6.07 Å². The van der Waals surface area contributed by atoms with Gasteiger partial charge in [0, 0.05) is 18.2 Å². The molecule has 1 heterocycles. The summed E-state index contributed by atoms with van der Waals surface area (Å²) in [5, 5.41) is 2.72. The monoisotopic (exact) mass is 294 g/mol. The quantitative estimate of drug-likeness (QED) is 0.729. The molecular weight excluding hydrogens is 268 g/mol. The van der Waals surface area contributed by atoms with Gasteiger partial charge in [0.15, 0.2) is 0 Å². The van der Waals surface area contributed by atoms with Gasteiger partial charge in [0.25, 0.3) is 0 Å². The van der Waals surface area contributed by atoms with Gasteiger partial charge in [-0.1, -0.05) is 19.8 Å². The fourth-order valence-electron chi connectivity index (χ4n) is 2.30. The molecule has 1 aromatic heterocycles. The predicted molar refractivity (Wildman–Crippen MR) is 83.3 cm³/mol. The van der Waals surface area contributed by atoms with Gasteiger partial charge in [-0.2, -0.15) is 4.98 Å². The fourth-order valence-corrected chi connectivity index (χ4v) is 2.30. The van der Waals surface area contributed by atoms with Crippen molar-refractivity contribution >= 4 is 11.9 Å². The van der Waals surface area contributed by atoms with E-state index in [0.717, 1.165) is 31.4 Å². The number of nitrogens with zero attached hydrogens (tertiary/aromatic N) is 2. The SMILES string of the molecule is CCCC(CCN)CCC(=O)Nc1nc(C)cc(OC)n1. The molecule has 0 fully saturated rings. The number of aromatic nitrogens is 2. The van der Waals surface area contributed by atoms with Crippen LogP contribution in [0.1, 0.15) is 44.7 Å². The van der Waals surface area contributed by atoms with E-state index in [2.05, 4.69) is 22.2 Å². The van der Waals surface area contributed by atoms with E-state index in [1.165, 1.54) is 7.11 Å². The summed E-state index contributed by atoms with van der Waals surface area (Å²) in [6.07, 6.45) is 4.50. The molecule has 6 nitrogen and oxygen atoms in total. The van der Waals surface area contributed by atoms with Crippen molar-refractivity contribution in [3.63, 3.8) is 0 Å². The van der Waals surface area contributed by atoms with Crippen LogP contribution in [0.3, 0.4) is 0 Å². The van der Waals surface area contributed by atoms with E-state index < -0.39 is 0 Å². The molecule has 0 spiro atoms. The van der Waals surface area contributed by atoms with Crippen molar-refractivity contribution in [1.29, 1.82) is 0 Å². The zero-order valence-corrected chi connectivity index (χ0v) is 13.2. The number of hydrogen-bond donors (Lipinski definition) is 2. The topological polar surface area (TPSA) is 90.1 Å². The number of nitrogens with one attached hydrogen (secondary N) is 1. The molecule has 0 aliphatic heterocycles. The lowest BCUT2D eigenvalue weighted by Gasteiger charge is -2.14. The molecule has 0 aromatic carbocycles. The van der Waals surface area contributed by atoms with Crippen molar-refractivity contribution in [3.8, 4) is 5.88 Å². The lowest BCUT2D eigenvalue weighted by Crippen LogP contribution is -2.17. The van der Waals surface area contributed by atoms with E-state index in [4.69, 9.17) is 10.5 Å². The molecule has 0 aliphatic rings. The maximum atomic E-state index is 12.0. The third-order valence-corrected chi connectivity index (χ3v) is 3.34. The Morgan fingerprint density at radius 1 is 1.38 bits per heavy atom. The van der Waals surface area contributed by atoms with Crippen LogP contribution in [-0.4, -0.2) is 29.5 Å². The summed E-state index contributed by atoms with van der Waals surface area (Å²) in [7, 11) is 1.54. The number of aryl methyl sites for hydroxylation is 1. The number of methoxy groups -OCH3 is 1. The van der Waals surface area contributed by atoms with Crippen molar-refractivity contribution in [2.24, 2.45) is 11.7 Å². The number of nitrogens with two attached hydrogens (primary N) is 1. The maximum absolute atomic E-state index is 12.0. The Bertz CT molecular complexity index is 445. The Hall–Kier alpha value is -1.69. The van der Waals surface area contributed by atoms with E-state index >= 15 is 0 Å². The number of amides is 1. The molecule has 0 radical (unpaired) electrons. The van der Waals surface area contributed by atoms with Gasteiger partial charge in [-0.25, -0.2) is 4.98 Å². The molecule has 6 heteroatoms. The zero-order chi connectivity index (χ0) is 15.7. The van der Waals surface area contributed by atoms with Crippen molar-refractivity contribution in [2.45, 2.75) is 46.0 Å². The summed E-state index contributed by atoms with van der Waals surface area (Å²) in [5.41, 5.74) is 6.36. The molecule has 1 amide bonds. The molecule has 0 saturated heterocycles. The highest BCUT2D eigenvalue weighted by molar-refractivity contribution is 5.88. The molecule has 3 N–H and O–H groups in total. The first-order chi connectivity index (χ1) is 10.1. The third kappa shape index (κ3) is 6.53. The minimum Gasteiger partial charge on any atom is -0.481 e. The van der Waals surface area contributed by atoms with Crippen LogP contribution >= 0.6 is 0 Å². The average molecular weight is 294 g/mol. The molecule has 1 rings (SSSR count). The van der Waals surface area contributed by atoms with Crippen LogP contribution in [0, 0.1) is 12.8 Å². The van der Waals surface area contributed by atoms with Crippen molar-refractivity contribution in [1.82, 2.24) is 9.97 Å². The second-order valence-electron chi connectivity index (χ2n) is 5.19. The van der Waals surface area contributed by atoms with Crippen LogP contribution < -0.4 is 15.8 Å². The van der Waals surface area contributed by atoms with Crippen LogP contribution in [-0.2, 0) is 4.79 Å². The number of carbonyl (C=O) groups is 1. The summed E-state index contributed by atoms with van der Waals surface area (Å²) >= 11 is 0. The van der Waals surface area contributed by atoms with Gasteiger partial charge in [0.1, 0.15) is 0 Å². The van der Waals surface area contributed by atoms with Gasteiger partial charge in [0.05, 0.1) is 7.11 Å². The standard InChI is InChI=1S/C15H26N4O2/c1-4-5-12(8-9-16)6-7-13(20)18-15-17-11(2)10-14(19-15)21-3/h10,12H,4-9,16H2,1-3H3,(H,17,18,19,20). The second kappa shape index (κ2) is 9.28. The zero-order valence-electron chi connectivity index (χ0n) is 13.2. The summed E-state index contributed by atoms with van der Waals surface area (Å²) in [6.45, 7) is 4.65. The number of rotatable bonds is 9. The minimum absolute atomic E-state index is 0.0687. The van der Waals surface area contributed by atoms with Crippen LogP contribution in [0.5, 0.6) is 5.88 Å². The third-order valence-electron chi connectivity index (χ3n) is 3.34. The normalized spacial score (nSPS) is 12.0. The second-order valence-corrected chi connectivity index (χ2v) is 5.19. The lowest BCUT2D eigenvalue weighted by atomic mass is 9.94. The molecule has 21 heavy (non-hydrogen) atoms. The van der Waals surface area contributed by atoms with E-state index in [9.17, 15) is 4.79 Å². The first kappa shape index (κ1) is 17.4. The first-order valence-electron chi connectivity index (χ1n) is 7.48. The summed E-state index contributed by atoms with van der Waals surface area (Å²) in [4.78, 5) is 20.3. The molecule has 118 valence electrons. The Labute approximate surface area is 126 Å². The van der Waals surface area contributed by atoms with E-state index in [0.29, 0.717) is 30.7 Å². The molecule has 1 aromatic rings. The Balaban J connectivity index is 2.51. The summed E-state index contributed by atoms with van der Waals surface area (Å²) < 4.78 is 5.06. The molecular formula is C15H26N4O2. The highest BCUT2D eigenvalue weighted by atomic mass is 16.5. The van der Waals surface area contributed by atoms with E-state index in [-0.39, 0.29) is 5.91 Å². The number of hydrogen-bond acceptors (Lipinski definition) is 5. The number of anilines is 1. The lowest BCUT2D eigenvalue weighted by molar-refractivity contribution is -0.116. The number of ether oxygens (including phenoxy) is 1. The van der Waals surface area contributed by atoms with Crippen molar-refractivity contribution in [2.75, 3.05) is 19.0 Å². The number of carbonyl (C=O) groups excluding carboxylic acids is 1. The Morgan fingerprint density at radius 2 is 2.14 bits per heavy atom. The highest BCUT2D eigenvalue weighted by Crippen LogP contribution is 2.17. The van der Waals surface area contributed by atoms with Crippen LogP contribution in [0.2, 0.25) is 0 Å². The van der Waals surface area contributed by atoms with Gasteiger partial charge in [-0.3, -0.25) is 10.1 Å². The van der Waals surface area contributed by atoms with Gasteiger partial charge in [0.2, 0.25) is 17.7 Å². The fraction of sp³-hybridized carbons (Fsp3) is 0.667. The average Bonchev–Trinajstić information content (AvgIpc) is 2.44. The Morgan fingerprint density at radius 3 is 2.76 bits per heavy atom. The van der Waals surface area contributed by atoms with E-state index in [1.807, 2.05) is 6.92 Å². The van der Waals surface area contributed by atoms with Gasteiger partial charge < -0.3 is 10.5 Å². The van der Waals surface area contributed by atoms with Crippen LogP contribution in [0.15, 0.2) is 6.07 Å². The highest BCUT2D eigenvalue weighted by Gasteiger charge is 2.12. The van der Waals surface area contributed by atoms with Gasteiger partial charge in [-0.05, 0) is 32.2 Å². The summed E-state index contributed by atoms with van der Waals surface area (Å²) in [6, 6.07) is 1.72. The van der Waals surface area contributed by atoms with Crippen molar-refractivity contribution < 1.29 is 9.53 Å². The van der Waals surface area contributed by atoms with Crippen molar-refractivity contribution in [3.05, 3.63) is 11.8 Å². The molecule has 0 bridgehead atoms. The molecule has 0 saturated carbocycles. The molecule has 1 atom stereocenters. The minimum atomic E-state index is -0.0687. The van der Waals surface area contributed by atoms with Crippen LogP contribution in [0.4, 0.5) is 5.95 Å². The first-order valence-corrected chi connectivity index (χ1v) is 7.48. The largest absolute Gasteiger partial charge is 0.481 e. The maximum Gasteiger partial charge on any atom is 0.232 e. The van der Waals surface area contributed by atoms with Gasteiger partial charge >= 0.3 is 0 Å². The predicted octanol–water partition coefficient (Wildman–Crippen LogP) is 2.28.